The summed E-state index contributed by atoms with van der Waals surface area (Å²) < 4.78 is 14.1. The Labute approximate surface area is 81.0 Å². The molecular weight excluding hydrogens is 277 g/mol. The van der Waals surface area contributed by atoms with E-state index in [0.29, 0.717) is 11.0 Å². The fraction of sp³-hybridized carbons (Fsp3) is 0.143. The topological polar surface area (TPSA) is 26.0 Å². The molecule has 1 aromatic rings. The molecule has 0 unspecified atom stereocenters. The molecule has 0 aliphatic rings. The molecule has 0 fully saturated rings. The zero-order valence-electron chi connectivity index (χ0n) is 5.57. The van der Waals surface area contributed by atoms with Gasteiger partial charge in [0.25, 0.3) is 0 Å². The molecule has 4 heteroatoms. The molecule has 0 aromatic heterocycles. The largest absolute Gasteiger partial charge is 0.326 e. The fourth-order valence-electron chi connectivity index (χ4n) is 0.720. The Morgan fingerprint density at radius 3 is 2.45 bits per heavy atom. The molecule has 0 heterocycles. The lowest BCUT2D eigenvalue weighted by Crippen LogP contribution is -1.98. The molecule has 0 aliphatic heterocycles. The monoisotopic (exact) mass is 281 g/mol. The summed E-state index contributed by atoms with van der Waals surface area (Å²) in [5.74, 6) is -0.284. The van der Waals surface area contributed by atoms with E-state index in [9.17, 15) is 4.39 Å². The van der Waals surface area contributed by atoms with Gasteiger partial charge in [-0.3, -0.25) is 0 Å². The molecule has 0 bridgehead atoms. The maximum atomic E-state index is 12.8. The highest BCUT2D eigenvalue weighted by Gasteiger charge is 2.03. The molecule has 60 valence electrons. The van der Waals surface area contributed by atoms with Crippen LogP contribution in [0.4, 0.5) is 4.39 Å². The first-order chi connectivity index (χ1) is 5.15. The van der Waals surface area contributed by atoms with Crippen molar-refractivity contribution in [1.82, 2.24) is 0 Å². The number of hydrogen-bond acceptors (Lipinski definition) is 1. The van der Waals surface area contributed by atoms with Crippen LogP contribution in [0.25, 0.3) is 0 Å². The maximum absolute atomic E-state index is 12.8. The highest BCUT2D eigenvalue weighted by atomic mass is 79.9. The van der Waals surface area contributed by atoms with Gasteiger partial charge in [0.05, 0.1) is 4.47 Å². The minimum Gasteiger partial charge on any atom is -0.326 e. The minimum absolute atomic E-state index is 0.284. The second kappa shape index (κ2) is 3.65. The molecule has 0 saturated carbocycles. The second-order valence-corrected chi connectivity index (χ2v) is 3.77. The van der Waals surface area contributed by atoms with E-state index in [1.807, 2.05) is 0 Å². The first-order valence-electron chi connectivity index (χ1n) is 2.98. The highest BCUT2D eigenvalue weighted by Crippen LogP contribution is 2.24. The molecule has 0 spiro atoms. The third-order valence-corrected chi connectivity index (χ3v) is 2.66. The predicted octanol–water partition coefficient (Wildman–Crippen LogP) is 2.81. The summed E-state index contributed by atoms with van der Waals surface area (Å²) in [6, 6.07) is 3.06. The summed E-state index contributed by atoms with van der Waals surface area (Å²) in [6.07, 6.45) is 0. The Bertz CT molecular complexity index is 275. The zero-order valence-corrected chi connectivity index (χ0v) is 8.75. The number of hydrogen-bond donors (Lipinski definition) is 1. The van der Waals surface area contributed by atoms with Gasteiger partial charge in [0.15, 0.2) is 0 Å². The standard InChI is InChI=1S/C7H6Br2FN/c8-5-2-6(9)7(10)1-4(5)3-11/h1-2H,3,11H2. The van der Waals surface area contributed by atoms with E-state index in [0.717, 1.165) is 10.0 Å². The summed E-state index contributed by atoms with van der Waals surface area (Å²) in [5, 5.41) is 0. The SMILES string of the molecule is NCc1cc(F)c(Br)cc1Br. The summed E-state index contributed by atoms with van der Waals surface area (Å²) in [6.45, 7) is 0.338. The van der Waals surface area contributed by atoms with Crippen LogP contribution < -0.4 is 5.73 Å². The molecular formula is C7H6Br2FN. The second-order valence-electron chi connectivity index (χ2n) is 2.06. The number of benzene rings is 1. The van der Waals surface area contributed by atoms with Crippen molar-refractivity contribution in [2.75, 3.05) is 0 Å². The van der Waals surface area contributed by atoms with Gasteiger partial charge in [-0.05, 0) is 33.6 Å². The molecule has 0 radical (unpaired) electrons. The van der Waals surface area contributed by atoms with Crippen molar-refractivity contribution in [1.29, 1.82) is 0 Å². The van der Waals surface area contributed by atoms with Crippen LogP contribution in [0.15, 0.2) is 21.1 Å². The highest BCUT2D eigenvalue weighted by molar-refractivity contribution is 9.11. The Balaban J connectivity index is 3.21. The van der Waals surface area contributed by atoms with Crippen molar-refractivity contribution in [3.8, 4) is 0 Å². The van der Waals surface area contributed by atoms with E-state index < -0.39 is 0 Å². The first-order valence-corrected chi connectivity index (χ1v) is 4.57. The van der Waals surface area contributed by atoms with Gasteiger partial charge in [-0.15, -0.1) is 0 Å². The average Bonchev–Trinajstić information content (AvgIpc) is 1.97. The summed E-state index contributed by atoms with van der Waals surface area (Å²) in [7, 11) is 0. The number of nitrogens with two attached hydrogens (primary N) is 1. The maximum Gasteiger partial charge on any atom is 0.137 e. The quantitative estimate of drug-likeness (QED) is 0.788. The Hall–Kier alpha value is 0.0700. The minimum atomic E-state index is -0.284. The van der Waals surface area contributed by atoms with Crippen molar-refractivity contribution < 1.29 is 4.39 Å². The van der Waals surface area contributed by atoms with Crippen molar-refractivity contribution in [3.05, 3.63) is 32.5 Å². The van der Waals surface area contributed by atoms with Gasteiger partial charge in [0.2, 0.25) is 0 Å². The number of halogens is 3. The lowest BCUT2D eigenvalue weighted by atomic mass is 10.2. The molecule has 1 aromatic carbocycles. The van der Waals surface area contributed by atoms with Crippen LogP contribution >= 0.6 is 31.9 Å². The van der Waals surface area contributed by atoms with Gasteiger partial charge < -0.3 is 5.73 Å². The van der Waals surface area contributed by atoms with E-state index in [1.165, 1.54) is 6.07 Å². The molecule has 0 aliphatic carbocycles. The summed E-state index contributed by atoms with van der Waals surface area (Å²) in [4.78, 5) is 0. The average molecular weight is 283 g/mol. The van der Waals surface area contributed by atoms with E-state index in [1.54, 1.807) is 6.07 Å². The van der Waals surface area contributed by atoms with Gasteiger partial charge in [-0.25, -0.2) is 4.39 Å². The van der Waals surface area contributed by atoms with E-state index in [2.05, 4.69) is 31.9 Å². The van der Waals surface area contributed by atoms with Crippen LogP contribution in [0.5, 0.6) is 0 Å². The summed E-state index contributed by atoms with van der Waals surface area (Å²) in [5.41, 5.74) is 6.13. The van der Waals surface area contributed by atoms with Crippen molar-refractivity contribution >= 4 is 31.9 Å². The molecule has 0 saturated heterocycles. The third kappa shape index (κ3) is 2.01. The van der Waals surface area contributed by atoms with Gasteiger partial charge in [-0.2, -0.15) is 0 Å². The molecule has 11 heavy (non-hydrogen) atoms. The van der Waals surface area contributed by atoms with Crippen LogP contribution in [0.2, 0.25) is 0 Å². The fourth-order valence-corrected chi connectivity index (χ4v) is 1.88. The van der Waals surface area contributed by atoms with Gasteiger partial charge in [0.1, 0.15) is 5.82 Å². The van der Waals surface area contributed by atoms with Crippen molar-refractivity contribution in [3.63, 3.8) is 0 Å². The van der Waals surface area contributed by atoms with Crippen LogP contribution in [0.3, 0.4) is 0 Å². The van der Waals surface area contributed by atoms with E-state index in [4.69, 9.17) is 5.73 Å². The van der Waals surface area contributed by atoms with Crippen LogP contribution in [0, 0.1) is 5.82 Å². The molecule has 1 rings (SSSR count). The van der Waals surface area contributed by atoms with Gasteiger partial charge in [-0.1, -0.05) is 15.9 Å². The van der Waals surface area contributed by atoms with Gasteiger partial charge >= 0.3 is 0 Å². The van der Waals surface area contributed by atoms with E-state index in [-0.39, 0.29) is 5.82 Å². The molecule has 2 N–H and O–H groups in total. The molecule has 0 atom stereocenters. The number of rotatable bonds is 1. The predicted molar refractivity (Wildman–Crippen MR) is 49.7 cm³/mol. The third-order valence-electron chi connectivity index (χ3n) is 1.31. The van der Waals surface area contributed by atoms with Crippen LogP contribution in [0.1, 0.15) is 5.56 Å². The van der Waals surface area contributed by atoms with Crippen molar-refractivity contribution in [2.45, 2.75) is 6.54 Å². The van der Waals surface area contributed by atoms with E-state index >= 15 is 0 Å². The van der Waals surface area contributed by atoms with Crippen LogP contribution in [-0.4, -0.2) is 0 Å². The lowest BCUT2D eigenvalue weighted by Gasteiger charge is -2.01. The zero-order chi connectivity index (χ0) is 8.43. The van der Waals surface area contributed by atoms with Gasteiger partial charge in [0, 0.05) is 11.0 Å². The normalized spacial score (nSPS) is 10.2. The lowest BCUT2D eigenvalue weighted by molar-refractivity contribution is 0.618. The Kier molecular flexibility index (Phi) is 3.04. The molecule has 1 nitrogen and oxygen atoms in total. The Morgan fingerprint density at radius 1 is 1.27 bits per heavy atom. The van der Waals surface area contributed by atoms with Crippen LogP contribution in [-0.2, 0) is 6.54 Å². The Morgan fingerprint density at radius 2 is 1.91 bits per heavy atom. The molecule has 0 amide bonds. The smallest absolute Gasteiger partial charge is 0.137 e. The first kappa shape index (κ1) is 9.16. The summed E-state index contributed by atoms with van der Waals surface area (Å²) >= 11 is 6.33. The van der Waals surface area contributed by atoms with Crippen molar-refractivity contribution in [2.24, 2.45) is 5.73 Å².